The van der Waals surface area contributed by atoms with Gasteiger partial charge in [-0.05, 0) is 50.1 Å². The minimum Gasteiger partial charge on any atom is -0.324 e. The SMILES string of the molecule is Cc1ccc(C2=CC(c3ccc(C)cc3)n3nc(NS(=O)(=O)c4ccc(C)cc4)nc3N2)cc1. The number of fused-ring (bicyclic) bond motifs is 1. The summed E-state index contributed by atoms with van der Waals surface area (Å²) in [5.74, 6) is 0.476. The average molecular weight is 472 g/mol. The van der Waals surface area contributed by atoms with Crippen molar-refractivity contribution in [1.29, 1.82) is 0 Å². The predicted molar refractivity (Wildman–Crippen MR) is 134 cm³/mol. The lowest BCUT2D eigenvalue weighted by molar-refractivity contribution is 0.598. The summed E-state index contributed by atoms with van der Waals surface area (Å²) in [6, 6.07) is 22.8. The molecule has 1 aliphatic rings. The number of hydrogen-bond donors (Lipinski definition) is 2. The summed E-state index contributed by atoms with van der Waals surface area (Å²) in [6.07, 6.45) is 2.08. The maximum atomic E-state index is 12.9. The van der Waals surface area contributed by atoms with Gasteiger partial charge in [0.1, 0.15) is 6.04 Å². The van der Waals surface area contributed by atoms with Gasteiger partial charge in [-0.3, -0.25) is 0 Å². The maximum absolute atomic E-state index is 12.9. The third-order valence-electron chi connectivity index (χ3n) is 5.80. The Balaban J connectivity index is 1.53. The Morgan fingerprint density at radius 1 is 0.824 bits per heavy atom. The highest BCUT2D eigenvalue weighted by molar-refractivity contribution is 7.92. The first-order valence-corrected chi connectivity index (χ1v) is 12.5. The molecule has 8 heteroatoms. The van der Waals surface area contributed by atoms with Crippen LogP contribution in [0, 0.1) is 20.8 Å². The molecule has 0 fully saturated rings. The Kier molecular flexibility index (Phi) is 5.45. The quantitative estimate of drug-likeness (QED) is 0.425. The van der Waals surface area contributed by atoms with Crippen LogP contribution >= 0.6 is 0 Å². The molecule has 5 rings (SSSR count). The van der Waals surface area contributed by atoms with E-state index in [1.54, 1.807) is 28.9 Å². The second-order valence-electron chi connectivity index (χ2n) is 8.55. The highest BCUT2D eigenvalue weighted by Gasteiger charge is 2.27. The van der Waals surface area contributed by atoms with Gasteiger partial charge in [-0.1, -0.05) is 77.4 Å². The van der Waals surface area contributed by atoms with Crippen LogP contribution in [-0.4, -0.2) is 23.2 Å². The van der Waals surface area contributed by atoms with Crippen molar-refractivity contribution in [3.05, 3.63) is 107 Å². The molecule has 172 valence electrons. The molecule has 0 saturated carbocycles. The predicted octanol–water partition coefficient (Wildman–Crippen LogP) is 5.06. The second-order valence-corrected chi connectivity index (χ2v) is 10.2. The first-order valence-electron chi connectivity index (χ1n) is 11.0. The Morgan fingerprint density at radius 2 is 1.38 bits per heavy atom. The van der Waals surface area contributed by atoms with Crippen LogP contribution in [0.5, 0.6) is 0 Å². The molecule has 1 aromatic heterocycles. The van der Waals surface area contributed by atoms with Gasteiger partial charge in [0, 0.05) is 5.70 Å². The lowest BCUT2D eigenvalue weighted by Crippen LogP contribution is -2.20. The third-order valence-corrected chi connectivity index (χ3v) is 7.15. The number of aryl methyl sites for hydroxylation is 3. The molecular weight excluding hydrogens is 446 g/mol. The number of allylic oxidation sites excluding steroid dienone is 1. The monoisotopic (exact) mass is 471 g/mol. The molecule has 1 atom stereocenters. The van der Waals surface area contributed by atoms with E-state index in [1.807, 2.05) is 45.0 Å². The lowest BCUT2D eigenvalue weighted by atomic mass is 10.0. The molecule has 1 aliphatic heterocycles. The Labute approximate surface area is 199 Å². The molecule has 0 bridgehead atoms. The first kappa shape index (κ1) is 21.9. The fraction of sp³-hybridized carbons (Fsp3) is 0.154. The third kappa shape index (κ3) is 4.32. The summed E-state index contributed by atoms with van der Waals surface area (Å²) >= 11 is 0. The van der Waals surface area contributed by atoms with Crippen LogP contribution in [0.2, 0.25) is 0 Å². The van der Waals surface area contributed by atoms with Crippen LogP contribution in [0.25, 0.3) is 5.70 Å². The summed E-state index contributed by atoms with van der Waals surface area (Å²) in [7, 11) is -3.82. The van der Waals surface area contributed by atoms with Crippen molar-refractivity contribution in [1.82, 2.24) is 14.8 Å². The van der Waals surface area contributed by atoms with E-state index in [0.717, 1.165) is 28.0 Å². The van der Waals surface area contributed by atoms with Gasteiger partial charge >= 0.3 is 0 Å². The first-order chi connectivity index (χ1) is 16.3. The van der Waals surface area contributed by atoms with Crippen molar-refractivity contribution < 1.29 is 8.42 Å². The number of nitrogens with one attached hydrogen (secondary N) is 2. The van der Waals surface area contributed by atoms with Crippen molar-refractivity contribution in [3.8, 4) is 0 Å². The normalized spacial score (nSPS) is 15.3. The molecule has 4 aromatic rings. The molecule has 3 aromatic carbocycles. The van der Waals surface area contributed by atoms with Crippen molar-refractivity contribution in [2.45, 2.75) is 31.7 Å². The van der Waals surface area contributed by atoms with E-state index in [9.17, 15) is 8.42 Å². The van der Waals surface area contributed by atoms with E-state index >= 15 is 0 Å². The number of nitrogens with zero attached hydrogens (tertiary/aromatic N) is 3. The van der Waals surface area contributed by atoms with Crippen molar-refractivity contribution in [2.75, 3.05) is 10.0 Å². The van der Waals surface area contributed by atoms with Crippen LogP contribution in [0.4, 0.5) is 11.9 Å². The van der Waals surface area contributed by atoms with E-state index in [4.69, 9.17) is 0 Å². The number of aromatic nitrogens is 3. The molecule has 0 spiro atoms. The van der Waals surface area contributed by atoms with Crippen molar-refractivity contribution in [3.63, 3.8) is 0 Å². The molecular formula is C26H25N5O2S. The van der Waals surface area contributed by atoms with E-state index in [0.29, 0.717) is 5.95 Å². The Bertz CT molecular complexity index is 1470. The largest absolute Gasteiger partial charge is 0.324 e. The zero-order valence-electron chi connectivity index (χ0n) is 19.1. The standard InChI is InChI=1S/C26H25N5O2S/c1-17-4-10-20(11-5-17)23-16-24(21-12-6-18(2)7-13-21)31-26(27-23)28-25(29-31)30-34(32,33)22-14-8-19(3)9-15-22/h4-16,24H,1-3H3,(H2,27,28,29,30). The topological polar surface area (TPSA) is 88.9 Å². The zero-order valence-corrected chi connectivity index (χ0v) is 20.0. The van der Waals surface area contributed by atoms with Gasteiger partial charge in [-0.15, -0.1) is 5.10 Å². The molecule has 7 nitrogen and oxygen atoms in total. The number of anilines is 2. The van der Waals surface area contributed by atoms with Crippen molar-refractivity contribution in [2.24, 2.45) is 0 Å². The molecule has 2 heterocycles. The molecule has 0 aliphatic carbocycles. The molecule has 2 N–H and O–H groups in total. The summed E-state index contributed by atoms with van der Waals surface area (Å²) in [5, 5.41) is 7.82. The van der Waals surface area contributed by atoms with Crippen LogP contribution in [0.1, 0.15) is 33.9 Å². The van der Waals surface area contributed by atoms with Crippen LogP contribution in [-0.2, 0) is 10.0 Å². The highest BCUT2D eigenvalue weighted by Crippen LogP contribution is 2.33. The zero-order chi connectivity index (χ0) is 23.9. The van der Waals surface area contributed by atoms with Crippen LogP contribution < -0.4 is 10.0 Å². The number of sulfonamides is 1. The average Bonchev–Trinajstić information content (AvgIpc) is 3.21. The molecule has 1 unspecified atom stereocenters. The van der Waals surface area contributed by atoms with Gasteiger partial charge in [0.2, 0.25) is 5.95 Å². The summed E-state index contributed by atoms with van der Waals surface area (Å²) in [5.41, 5.74) is 6.24. The van der Waals surface area contributed by atoms with Crippen LogP contribution in [0.15, 0.2) is 83.8 Å². The Morgan fingerprint density at radius 3 is 2.00 bits per heavy atom. The van der Waals surface area contributed by atoms with Gasteiger partial charge in [0.15, 0.2) is 0 Å². The fourth-order valence-electron chi connectivity index (χ4n) is 3.84. The van der Waals surface area contributed by atoms with E-state index in [1.165, 1.54) is 5.56 Å². The van der Waals surface area contributed by atoms with Crippen molar-refractivity contribution >= 4 is 27.6 Å². The second kappa shape index (κ2) is 8.46. The molecule has 34 heavy (non-hydrogen) atoms. The summed E-state index contributed by atoms with van der Waals surface area (Å²) < 4.78 is 30.0. The maximum Gasteiger partial charge on any atom is 0.264 e. The fourth-order valence-corrected chi connectivity index (χ4v) is 4.77. The van der Waals surface area contributed by atoms with E-state index < -0.39 is 10.0 Å². The van der Waals surface area contributed by atoms with Gasteiger partial charge in [-0.25, -0.2) is 17.8 Å². The number of hydrogen-bond acceptors (Lipinski definition) is 5. The smallest absolute Gasteiger partial charge is 0.264 e. The van der Waals surface area contributed by atoms with E-state index in [-0.39, 0.29) is 16.9 Å². The van der Waals surface area contributed by atoms with Gasteiger partial charge in [0.05, 0.1) is 4.90 Å². The minimum atomic E-state index is -3.82. The van der Waals surface area contributed by atoms with Gasteiger partial charge < -0.3 is 5.32 Å². The van der Waals surface area contributed by atoms with Gasteiger partial charge in [-0.2, -0.15) is 4.98 Å². The summed E-state index contributed by atoms with van der Waals surface area (Å²) in [4.78, 5) is 4.63. The van der Waals surface area contributed by atoms with Crippen LogP contribution in [0.3, 0.4) is 0 Å². The number of benzene rings is 3. The lowest BCUT2D eigenvalue weighted by Gasteiger charge is -2.24. The Hall–Kier alpha value is -3.91. The summed E-state index contributed by atoms with van der Waals surface area (Å²) in [6.45, 7) is 5.99. The number of rotatable bonds is 5. The van der Waals surface area contributed by atoms with E-state index in [2.05, 4.69) is 50.5 Å². The van der Waals surface area contributed by atoms with Gasteiger partial charge in [0.25, 0.3) is 16.0 Å². The highest BCUT2D eigenvalue weighted by atomic mass is 32.2. The minimum absolute atomic E-state index is 0.0127. The molecule has 0 amide bonds. The molecule has 0 saturated heterocycles. The molecule has 0 radical (unpaired) electrons.